The topological polar surface area (TPSA) is 115 Å². The molecule has 0 bridgehead atoms. The van der Waals surface area contributed by atoms with Gasteiger partial charge in [-0.3, -0.25) is 9.36 Å². The van der Waals surface area contributed by atoms with Crippen LogP contribution in [0.3, 0.4) is 0 Å². The van der Waals surface area contributed by atoms with Crippen molar-refractivity contribution in [3.8, 4) is 0 Å². The lowest BCUT2D eigenvalue weighted by Crippen LogP contribution is -2.38. The SMILES string of the molecule is CCCC(CC)C(O)(CCC(=O)O)P(=O)(O)O. The van der Waals surface area contributed by atoms with Gasteiger partial charge in [-0.1, -0.05) is 20.3 Å². The molecule has 0 aliphatic rings. The van der Waals surface area contributed by atoms with E-state index in [9.17, 15) is 24.3 Å². The zero-order chi connectivity index (χ0) is 13.7. The molecule has 0 saturated heterocycles. The first-order chi connectivity index (χ1) is 7.69. The van der Waals surface area contributed by atoms with Crippen LogP contribution in [0.1, 0.15) is 46.0 Å². The van der Waals surface area contributed by atoms with E-state index in [1.807, 2.05) is 6.92 Å². The van der Waals surface area contributed by atoms with E-state index in [0.717, 1.165) is 0 Å². The van der Waals surface area contributed by atoms with E-state index in [1.54, 1.807) is 6.92 Å². The van der Waals surface area contributed by atoms with Crippen LogP contribution >= 0.6 is 7.60 Å². The Hall–Kier alpha value is -0.420. The number of aliphatic carboxylic acids is 1. The van der Waals surface area contributed by atoms with Crippen LogP contribution in [-0.4, -0.2) is 31.3 Å². The largest absolute Gasteiger partial charge is 0.481 e. The molecule has 0 radical (unpaired) electrons. The molecule has 0 aliphatic heterocycles. The monoisotopic (exact) mass is 268 g/mol. The fraction of sp³-hybridized carbons (Fsp3) is 0.900. The molecule has 17 heavy (non-hydrogen) atoms. The minimum Gasteiger partial charge on any atom is -0.481 e. The minimum absolute atomic E-state index is 0.398. The van der Waals surface area contributed by atoms with E-state index in [4.69, 9.17) is 5.11 Å². The van der Waals surface area contributed by atoms with E-state index < -0.39 is 37.7 Å². The summed E-state index contributed by atoms with van der Waals surface area (Å²) in [5.41, 5.74) is 0. The number of rotatable bonds is 8. The van der Waals surface area contributed by atoms with Crippen molar-refractivity contribution in [1.29, 1.82) is 0 Å². The molecule has 0 aromatic heterocycles. The molecular weight excluding hydrogens is 247 g/mol. The van der Waals surface area contributed by atoms with Gasteiger partial charge in [0, 0.05) is 6.42 Å². The van der Waals surface area contributed by atoms with E-state index in [-0.39, 0.29) is 0 Å². The van der Waals surface area contributed by atoms with Crippen LogP contribution in [0.25, 0.3) is 0 Å². The van der Waals surface area contributed by atoms with Gasteiger partial charge in [0.1, 0.15) is 0 Å². The lowest BCUT2D eigenvalue weighted by molar-refractivity contribution is -0.138. The Kier molecular flexibility index (Phi) is 6.34. The summed E-state index contributed by atoms with van der Waals surface area (Å²) < 4.78 is 11.4. The van der Waals surface area contributed by atoms with Crippen molar-refractivity contribution in [2.75, 3.05) is 0 Å². The third kappa shape index (κ3) is 4.39. The number of carboxylic acids is 1. The lowest BCUT2D eigenvalue weighted by Gasteiger charge is -2.35. The van der Waals surface area contributed by atoms with E-state index >= 15 is 0 Å². The second-order valence-electron chi connectivity index (χ2n) is 4.21. The number of hydrogen-bond donors (Lipinski definition) is 4. The summed E-state index contributed by atoms with van der Waals surface area (Å²) in [7, 11) is -4.75. The summed E-state index contributed by atoms with van der Waals surface area (Å²) in [6.07, 6.45) is 0.646. The summed E-state index contributed by atoms with van der Waals surface area (Å²) >= 11 is 0. The van der Waals surface area contributed by atoms with Gasteiger partial charge in [0.25, 0.3) is 0 Å². The molecule has 0 spiro atoms. The molecule has 2 atom stereocenters. The molecule has 0 aromatic rings. The highest BCUT2D eigenvalue weighted by molar-refractivity contribution is 7.53. The summed E-state index contributed by atoms with van der Waals surface area (Å²) in [5.74, 6) is -1.77. The molecular formula is C10H21O6P. The third-order valence-electron chi connectivity index (χ3n) is 2.99. The molecule has 0 amide bonds. The van der Waals surface area contributed by atoms with E-state index in [0.29, 0.717) is 19.3 Å². The maximum Gasteiger partial charge on any atom is 0.357 e. The van der Waals surface area contributed by atoms with Crippen LogP contribution in [0.15, 0.2) is 0 Å². The van der Waals surface area contributed by atoms with Gasteiger partial charge >= 0.3 is 13.6 Å². The maximum absolute atomic E-state index is 11.4. The van der Waals surface area contributed by atoms with Gasteiger partial charge in [-0.15, -0.1) is 0 Å². The Bertz CT molecular complexity index is 299. The molecule has 7 heteroatoms. The number of aliphatic hydroxyl groups is 1. The number of carboxylic acid groups (broad SMARTS) is 1. The van der Waals surface area contributed by atoms with Gasteiger partial charge < -0.3 is 20.0 Å². The minimum atomic E-state index is -4.75. The fourth-order valence-electron chi connectivity index (χ4n) is 1.99. The molecule has 102 valence electrons. The van der Waals surface area contributed by atoms with Gasteiger partial charge in [0.2, 0.25) is 0 Å². The molecule has 0 aliphatic carbocycles. The molecule has 0 saturated carbocycles. The normalized spacial score (nSPS) is 17.5. The third-order valence-corrected chi connectivity index (χ3v) is 4.59. The zero-order valence-electron chi connectivity index (χ0n) is 10.2. The van der Waals surface area contributed by atoms with Crippen molar-refractivity contribution in [2.45, 2.75) is 51.3 Å². The summed E-state index contributed by atoms with van der Waals surface area (Å²) in [6, 6.07) is 0. The standard InChI is InChI=1S/C10H21O6P/c1-3-5-8(4-2)10(13,17(14,15)16)7-6-9(11)12/h8,13H,3-7H2,1-2H3,(H,11,12)(H2,14,15,16). The van der Waals surface area contributed by atoms with Crippen LogP contribution in [0.2, 0.25) is 0 Å². The first-order valence-corrected chi connectivity index (χ1v) is 7.30. The Morgan fingerprint density at radius 3 is 2.18 bits per heavy atom. The van der Waals surface area contributed by atoms with Crippen LogP contribution in [-0.2, 0) is 9.36 Å². The van der Waals surface area contributed by atoms with Crippen molar-refractivity contribution in [2.24, 2.45) is 5.92 Å². The first-order valence-electron chi connectivity index (χ1n) is 5.68. The Balaban J connectivity index is 5.07. The quantitative estimate of drug-likeness (QED) is 0.496. The number of carbonyl (C=O) groups is 1. The van der Waals surface area contributed by atoms with Gasteiger partial charge in [-0.05, 0) is 25.2 Å². The van der Waals surface area contributed by atoms with Crippen LogP contribution < -0.4 is 0 Å². The molecule has 0 aromatic carbocycles. The predicted octanol–water partition coefficient (Wildman–Crippen LogP) is 1.54. The molecule has 0 fully saturated rings. The number of hydrogen-bond acceptors (Lipinski definition) is 3. The predicted molar refractivity (Wildman–Crippen MR) is 62.6 cm³/mol. The van der Waals surface area contributed by atoms with Crippen LogP contribution in [0, 0.1) is 5.92 Å². The van der Waals surface area contributed by atoms with E-state index in [1.165, 1.54) is 0 Å². The highest BCUT2D eigenvalue weighted by atomic mass is 31.2. The summed E-state index contributed by atoms with van der Waals surface area (Å²) in [4.78, 5) is 29.0. The molecule has 4 N–H and O–H groups in total. The van der Waals surface area contributed by atoms with Gasteiger partial charge in [-0.2, -0.15) is 0 Å². The van der Waals surface area contributed by atoms with Crippen molar-refractivity contribution in [3.05, 3.63) is 0 Å². The van der Waals surface area contributed by atoms with Crippen molar-refractivity contribution < 1.29 is 29.4 Å². The van der Waals surface area contributed by atoms with Crippen molar-refractivity contribution in [1.82, 2.24) is 0 Å². The Morgan fingerprint density at radius 2 is 1.88 bits per heavy atom. The van der Waals surface area contributed by atoms with Crippen LogP contribution in [0.4, 0.5) is 0 Å². The average Bonchev–Trinajstić information content (AvgIpc) is 2.20. The fourth-order valence-corrected chi connectivity index (χ4v) is 3.18. The van der Waals surface area contributed by atoms with Crippen molar-refractivity contribution in [3.63, 3.8) is 0 Å². The summed E-state index contributed by atoms with van der Waals surface area (Å²) in [5, 5.41) is 16.5. The molecule has 6 nitrogen and oxygen atoms in total. The average molecular weight is 268 g/mol. The second kappa shape index (κ2) is 6.50. The highest BCUT2D eigenvalue weighted by Gasteiger charge is 2.50. The van der Waals surface area contributed by atoms with Gasteiger partial charge in [-0.25, -0.2) is 0 Å². The van der Waals surface area contributed by atoms with E-state index in [2.05, 4.69) is 0 Å². The Morgan fingerprint density at radius 1 is 1.35 bits per heavy atom. The van der Waals surface area contributed by atoms with Crippen LogP contribution in [0.5, 0.6) is 0 Å². The van der Waals surface area contributed by atoms with Crippen molar-refractivity contribution >= 4 is 13.6 Å². The highest BCUT2D eigenvalue weighted by Crippen LogP contribution is 2.56. The maximum atomic E-state index is 11.4. The first kappa shape index (κ1) is 16.6. The molecule has 0 rings (SSSR count). The zero-order valence-corrected chi connectivity index (χ0v) is 11.1. The van der Waals surface area contributed by atoms with Gasteiger partial charge in [0.05, 0.1) is 0 Å². The second-order valence-corrected chi connectivity index (χ2v) is 6.07. The van der Waals surface area contributed by atoms with Gasteiger partial charge in [0.15, 0.2) is 5.34 Å². The molecule has 2 unspecified atom stereocenters. The summed E-state index contributed by atoms with van der Waals surface area (Å²) in [6.45, 7) is 3.57. The smallest absolute Gasteiger partial charge is 0.357 e. The molecule has 0 heterocycles. The Labute approximate surface area is 101 Å². The lowest BCUT2D eigenvalue weighted by atomic mass is 9.91.